The molecule has 21 heavy (non-hydrogen) atoms. The Kier molecular flexibility index (Phi) is 4.58. The summed E-state index contributed by atoms with van der Waals surface area (Å²) in [6, 6.07) is 11.7. The number of benzene rings is 2. The van der Waals surface area contributed by atoms with Gasteiger partial charge in [0.05, 0.1) is 18.9 Å². The minimum Gasteiger partial charge on any atom is -0.496 e. The fourth-order valence-corrected chi connectivity index (χ4v) is 2.09. The fraction of sp³-hybridized carbons (Fsp3) is 0.294. The second kappa shape index (κ2) is 6.39. The van der Waals surface area contributed by atoms with E-state index in [1.54, 1.807) is 7.11 Å². The van der Waals surface area contributed by atoms with Gasteiger partial charge in [-0.25, -0.2) is 0 Å². The Morgan fingerprint density at radius 1 is 1.00 bits per heavy atom. The quantitative estimate of drug-likeness (QED) is 0.812. The van der Waals surface area contributed by atoms with Crippen LogP contribution in [0.15, 0.2) is 36.4 Å². The highest BCUT2D eigenvalue weighted by Gasteiger charge is 2.06. The van der Waals surface area contributed by atoms with Gasteiger partial charge in [-0.1, -0.05) is 0 Å². The first kappa shape index (κ1) is 15.0. The molecule has 3 N–H and O–H groups in total. The molecule has 0 spiro atoms. The number of aryl methyl sites for hydroxylation is 1. The molecule has 0 saturated carbocycles. The van der Waals surface area contributed by atoms with Gasteiger partial charge in [-0.05, 0) is 56.7 Å². The van der Waals surface area contributed by atoms with E-state index in [4.69, 9.17) is 15.2 Å². The van der Waals surface area contributed by atoms with Crippen LogP contribution < -0.4 is 20.5 Å². The Bertz CT molecular complexity index is 624. The van der Waals surface area contributed by atoms with Crippen molar-refractivity contribution in [1.82, 2.24) is 0 Å². The summed E-state index contributed by atoms with van der Waals surface area (Å²) in [6.07, 6.45) is 0.0887. The van der Waals surface area contributed by atoms with Crippen LogP contribution in [0.25, 0.3) is 0 Å². The number of hydrogen-bond donors (Lipinski definition) is 2. The highest BCUT2D eigenvalue weighted by atomic mass is 16.5. The Labute approximate surface area is 125 Å². The molecular formula is C17H22N2O2. The number of methoxy groups -OCH3 is 1. The molecular weight excluding hydrogens is 264 g/mol. The molecule has 2 aromatic rings. The molecule has 0 amide bonds. The van der Waals surface area contributed by atoms with Gasteiger partial charge >= 0.3 is 0 Å². The maximum atomic E-state index is 5.92. The number of nitrogen functional groups attached to an aromatic ring is 1. The molecule has 0 fully saturated rings. The van der Waals surface area contributed by atoms with Crippen molar-refractivity contribution < 1.29 is 9.47 Å². The highest BCUT2D eigenvalue weighted by Crippen LogP contribution is 2.29. The maximum Gasteiger partial charge on any atom is 0.144 e. The van der Waals surface area contributed by atoms with Gasteiger partial charge < -0.3 is 20.5 Å². The first-order chi connectivity index (χ1) is 9.99. The summed E-state index contributed by atoms with van der Waals surface area (Å²) in [5.41, 5.74) is 9.57. The molecule has 0 radical (unpaired) electrons. The summed E-state index contributed by atoms with van der Waals surface area (Å²) in [4.78, 5) is 0. The van der Waals surface area contributed by atoms with Crippen LogP contribution >= 0.6 is 0 Å². The van der Waals surface area contributed by atoms with E-state index in [9.17, 15) is 0 Å². The molecule has 0 aromatic heterocycles. The summed E-state index contributed by atoms with van der Waals surface area (Å²) in [5.74, 6) is 1.57. The lowest BCUT2D eigenvalue weighted by atomic mass is 10.2. The lowest BCUT2D eigenvalue weighted by molar-refractivity contribution is 0.244. The van der Waals surface area contributed by atoms with Crippen molar-refractivity contribution in [3.8, 4) is 11.5 Å². The van der Waals surface area contributed by atoms with Crippen LogP contribution in [0.2, 0.25) is 0 Å². The van der Waals surface area contributed by atoms with E-state index in [1.807, 2.05) is 57.2 Å². The van der Waals surface area contributed by atoms with Gasteiger partial charge in [0, 0.05) is 17.4 Å². The highest BCUT2D eigenvalue weighted by molar-refractivity contribution is 5.67. The number of ether oxygens (including phenoxy) is 2. The number of nitrogens with one attached hydrogen (secondary N) is 1. The smallest absolute Gasteiger partial charge is 0.144 e. The number of rotatable bonds is 5. The third-order valence-corrected chi connectivity index (χ3v) is 3.06. The third kappa shape index (κ3) is 3.81. The topological polar surface area (TPSA) is 56.5 Å². The van der Waals surface area contributed by atoms with Gasteiger partial charge in [-0.2, -0.15) is 0 Å². The van der Waals surface area contributed by atoms with Crippen molar-refractivity contribution in [2.24, 2.45) is 0 Å². The first-order valence-corrected chi connectivity index (χ1v) is 6.97. The van der Waals surface area contributed by atoms with E-state index >= 15 is 0 Å². The van der Waals surface area contributed by atoms with E-state index in [0.29, 0.717) is 11.4 Å². The average Bonchev–Trinajstić information content (AvgIpc) is 2.42. The van der Waals surface area contributed by atoms with Crippen molar-refractivity contribution in [2.45, 2.75) is 26.9 Å². The van der Waals surface area contributed by atoms with E-state index in [-0.39, 0.29) is 6.10 Å². The van der Waals surface area contributed by atoms with Crippen LogP contribution in [-0.2, 0) is 0 Å². The molecule has 0 saturated heterocycles. The molecule has 0 aliphatic heterocycles. The van der Waals surface area contributed by atoms with Gasteiger partial charge in [-0.3, -0.25) is 0 Å². The van der Waals surface area contributed by atoms with Crippen molar-refractivity contribution >= 4 is 17.1 Å². The van der Waals surface area contributed by atoms with Gasteiger partial charge in [0.15, 0.2) is 0 Å². The minimum absolute atomic E-state index is 0.0887. The molecule has 0 bridgehead atoms. The molecule has 112 valence electrons. The largest absolute Gasteiger partial charge is 0.496 e. The van der Waals surface area contributed by atoms with Crippen LogP contribution in [0.1, 0.15) is 19.4 Å². The lowest BCUT2D eigenvalue weighted by Crippen LogP contribution is -2.07. The molecule has 0 aliphatic rings. The van der Waals surface area contributed by atoms with Crippen LogP contribution in [0.4, 0.5) is 17.1 Å². The molecule has 4 heteroatoms. The van der Waals surface area contributed by atoms with Gasteiger partial charge in [0.1, 0.15) is 11.5 Å². The van der Waals surface area contributed by atoms with Gasteiger partial charge in [-0.15, -0.1) is 0 Å². The molecule has 0 aliphatic carbocycles. The average molecular weight is 286 g/mol. The normalized spacial score (nSPS) is 10.5. The van der Waals surface area contributed by atoms with E-state index < -0.39 is 0 Å². The van der Waals surface area contributed by atoms with E-state index in [1.165, 1.54) is 0 Å². The zero-order chi connectivity index (χ0) is 15.4. The SMILES string of the molecule is COc1ccc(Nc2ccc(N)c(OC(C)C)c2)cc1C. The van der Waals surface area contributed by atoms with Crippen LogP contribution in [0.3, 0.4) is 0 Å². The second-order valence-corrected chi connectivity index (χ2v) is 5.23. The fourth-order valence-electron chi connectivity index (χ4n) is 2.09. The predicted molar refractivity (Wildman–Crippen MR) is 87.6 cm³/mol. The van der Waals surface area contributed by atoms with Crippen molar-refractivity contribution in [3.63, 3.8) is 0 Å². The van der Waals surface area contributed by atoms with Crippen molar-refractivity contribution in [2.75, 3.05) is 18.2 Å². The Hall–Kier alpha value is -2.36. The lowest BCUT2D eigenvalue weighted by Gasteiger charge is -2.15. The Morgan fingerprint density at radius 2 is 1.67 bits per heavy atom. The molecule has 0 atom stereocenters. The molecule has 2 aromatic carbocycles. The zero-order valence-electron chi connectivity index (χ0n) is 12.9. The molecule has 0 heterocycles. The van der Waals surface area contributed by atoms with Gasteiger partial charge in [0.25, 0.3) is 0 Å². The minimum atomic E-state index is 0.0887. The summed E-state index contributed by atoms with van der Waals surface area (Å²) in [5, 5.41) is 3.35. The van der Waals surface area contributed by atoms with Crippen molar-refractivity contribution in [3.05, 3.63) is 42.0 Å². The Morgan fingerprint density at radius 3 is 2.29 bits per heavy atom. The number of hydrogen-bond acceptors (Lipinski definition) is 4. The molecule has 4 nitrogen and oxygen atoms in total. The molecule has 2 rings (SSSR count). The maximum absolute atomic E-state index is 5.92. The van der Waals surface area contributed by atoms with Crippen molar-refractivity contribution in [1.29, 1.82) is 0 Å². The van der Waals surface area contributed by atoms with Crippen LogP contribution in [0.5, 0.6) is 11.5 Å². The number of anilines is 3. The van der Waals surface area contributed by atoms with Gasteiger partial charge in [0.2, 0.25) is 0 Å². The van der Waals surface area contributed by atoms with Crippen LogP contribution in [0, 0.1) is 6.92 Å². The Balaban J connectivity index is 2.21. The standard InChI is InChI=1S/C17H22N2O2/c1-11(2)21-17-10-14(5-7-15(17)18)19-13-6-8-16(20-4)12(3)9-13/h5-11,19H,18H2,1-4H3. The van der Waals surface area contributed by atoms with Crippen LogP contribution in [-0.4, -0.2) is 13.2 Å². The summed E-state index contributed by atoms with van der Waals surface area (Å²) in [6.45, 7) is 5.97. The monoisotopic (exact) mass is 286 g/mol. The predicted octanol–water partition coefficient (Wildman–Crippen LogP) is 4.12. The second-order valence-electron chi connectivity index (χ2n) is 5.23. The number of nitrogens with two attached hydrogens (primary N) is 1. The summed E-state index contributed by atoms with van der Waals surface area (Å²) >= 11 is 0. The zero-order valence-corrected chi connectivity index (χ0v) is 12.9. The summed E-state index contributed by atoms with van der Waals surface area (Å²) < 4.78 is 11.0. The van der Waals surface area contributed by atoms with E-state index in [0.717, 1.165) is 22.7 Å². The first-order valence-electron chi connectivity index (χ1n) is 6.97. The third-order valence-electron chi connectivity index (χ3n) is 3.06. The summed E-state index contributed by atoms with van der Waals surface area (Å²) in [7, 11) is 1.67. The molecule has 0 unspecified atom stereocenters. The van der Waals surface area contributed by atoms with E-state index in [2.05, 4.69) is 5.32 Å².